The molecule has 0 aliphatic carbocycles. The Balaban J connectivity index is 1.30. The van der Waals surface area contributed by atoms with Crippen LogP contribution >= 0.6 is 0 Å². The number of methoxy groups -OCH3 is 4. The van der Waals surface area contributed by atoms with Crippen LogP contribution in [0, 0.1) is 0 Å². The van der Waals surface area contributed by atoms with Gasteiger partial charge in [-0.05, 0) is 104 Å². The van der Waals surface area contributed by atoms with Crippen LogP contribution in [0.25, 0.3) is 0 Å². The number of hydrogen-bond acceptors (Lipinski definition) is 9. The number of likely N-dealkylation sites (N-methyl/N-ethyl adjacent to an activating group) is 2. The van der Waals surface area contributed by atoms with E-state index in [2.05, 4.69) is 54.2 Å². The summed E-state index contributed by atoms with van der Waals surface area (Å²) in [5.41, 5.74) is 6.72. The highest BCUT2D eigenvalue weighted by molar-refractivity contribution is 5.62. The molecule has 2 aliphatic rings. The summed E-state index contributed by atoms with van der Waals surface area (Å²) in [6.07, 6.45) is 2.63. The first-order valence-corrected chi connectivity index (χ1v) is 15.9. The highest BCUT2D eigenvalue weighted by Gasteiger charge is 2.30. The van der Waals surface area contributed by atoms with Gasteiger partial charge in [-0.3, -0.25) is 4.90 Å². The minimum atomic E-state index is -0.0685. The molecule has 9 nitrogen and oxygen atoms in total. The van der Waals surface area contributed by atoms with Crippen molar-refractivity contribution in [2.24, 2.45) is 0 Å². The Morgan fingerprint density at radius 2 is 1.34 bits per heavy atom. The van der Waals surface area contributed by atoms with Crippen molar-refractivity contribution < 1.29 is 33.5 Å². The van der Waals surface area contributed by atoms with Crippen molar-refractivity contribution in [2.45, 2.75) is 38.5 Å². The number of rotatable bonds is 11. The van der Waals surface area contributed by atoms with Crippen LogP contribution in [0.3, 0.4) is 0 Å². The normalized spacial score (nSPS) is 16.2. The van der Waals surface area contributed by atoms with E-state index in [1.807, 2.05) is 18.2 Å². The van der Waals surface area contributed by atoms with Gasteiger partial charge in [0.1, 0.15) is 5.75 Å². The highest BCUT2D eigenvalue weighted by atomic mass is 16.5. The molecule has 0 amide bonds. The Labute approximate surface area is 277 Å². The molecule has 4 aromatic rings. The number of ether oxygens (including phenoxy) is 6. The summed E-state index contributed by atoms with van der Waals surface area (Å²) in [4.78, 5) is 4.69. The molecule has 2 aliphatic heterocycles. The van der Waals surface area contributed by atoms with Gasteiger partial charge >= 0.3 is 0 Å². The molecular weight excluding hydrogens is 596 g/mol. The van der Waals surface area contributed by atoms with Crippen LogP contribution in [0.5, 0.6) is 46.0 Å². The van der Waals surface area contributed by atoms with E-state index in [1.54, 1.807) is 40.6 Å². The van der Waals surface area contributed by atoms with Gasteiger partial charge in [0.2, 0.25) is 5.75 Å². The molecule has 248 valence electrons. The number of fused-ring (bicyclic) bond motifs is 2. The van der Waals surface area contributed by atoms with Crippen LogP contribution in [0.1, 0.15) is 39.4 Å². The molecule has 1 atom stereocenters. The summed E-state index contributed by atoms with van der Waals surface area (Å²) in [6, 6.07) is 20.0. The van der Waals surface area contributed by atoms with E-state index in [4.69, 9.17) is 28.4 Å². The van der Waals surface area contributed by atoms with Gasteiger partial charge in [0.25, 0.3) is 0 Å². The van der Waals surface area contributed by atoms with Gasteiger partial charge in [0, 0.05) is 31.2 Å². The van der Waals surface area contributed by atoms with Crippen LogP contribution in [-0.2, 0) is 32.4 Å². The summed E-state index contributed by atoms with van der Waals surface area (Å²) in [5.74, 6) is 5.12. The van der Waals surface area contributed by atoms with E-state index >= 15 is 0 Å². The minimum absolute atomic E-state index is 0.0685. The van der Waals surface area contributed by atoms with Crippen molar-refractivity contribution in [1.29, 1.82) is 0 Å². The zero-order valence-corrected chi connectivity index (χ0v) is 28.1. The predicted molar refractivity (Wildman–Crippen MR) is 181 cm³/mol. The van der Waals surface area contributed by atoms with Gasteiger partial charge in [-0.15, -0.1) is 0 Å². The molecule has 6 rings (SSSR count). The largest absolute Gasteiger partial charge is 0.493 e. The van der Waals surface area contributed by atoms with Crippen molar-refractivity contribution in [3.63, 3.8) is 0 Å². The molecule has 0 aromatic heterocycles. The fourth-order valence-electron chi connectivity index (χ4n) is 6.61. The van der Waals surface area contributed by atoms with Gasteiger partial charge in [-0.25, -0.2) is 0 Å². The zero-order chi connectivity index (χ0) is 33.1. The number of hydrogen-bond donors (Lipinski definition) is 1. The molecular formula is C38H44N2O7. The van der Waals surface area contributed by atoms with Crippen molar-refractivity contribution in [3.05, 3.63) is 94.0 Å². The molecule has 0 radical (unpaired) electrons. The second-order valence-corrected chi connectivity index (χ2v) is 12.2. The second kappa shape index (κ2) is 14.1. The average molecular weight is 641 g/mol. The second-order valence-electron chi connectivity index (χ2n) is 12.2. The van der Waals surface area contributed by atoms with Crippen LogP contribution in [0.2, 0.25) is 0 Å². The lowest BCUT2D eigenvalue weighted by atomic mass is 9.88. The van der Waals surface area contributed by atoms with Gasteiger partial charge in [0.05, 0.1) is 35.0 Å². The fourth-order valence-corrected chi connectivity index (χ4v) is 6.61. The van der Waals surface area contributed by atoms with Crippen molar-refractivity contribution in [1.82, 2.24) is 9.80 Å². The first-order valence-electron chi connectivity index (χ1n) is 15.9. The molecule has 2 heterocycles. The summed E-state index contributed by atoms with van der Waals surface area (Å²) >= 11 is 0. The maximum absolute atomic E-state index is 9.57. The average Bonchev–Trinajstić information content (AvgIpc) is 3.09. The quantitative estimate of drug-likeness (QED) is 0.196. The molecule has 47 heavy (non-hydrogen) atoms. The summed E-state index contributed by atoms with van der Waals surface area (Å²) in [5, 5.41) is 9.57. The fraction of sp³-hybridized carbons (Fsp3) is 0.368. The van der Waals surface area contributed by atoms with E-state index in [9.17, 15) is 5.11 Å². The Morgan fingerprint density at radius 1 is 0.660 bits per heavy atom. The van der Waals surface area contributed by atoms with Crippen LogP contribution in [-0.4, -0.2) is 70.5 Å². The Morgan fingerprint density at radius 3 is 2.04 bits per heavy atom. The molecule has 0 bridgehead atoms. The minimum Gasteiger partial charge on any atom is -0.493 e. The standard InChI is InChI=1S/C38H44N2O7/c1-39-15-13-27-20-36(44-5)38(45-6)37(30(27)22-39)47-35-21-29-26(19-33(35)43-4)14-16-40(2)31(29)17-24-7-10-28(11-8-24)46-34-18-25(23-41)9-12-32(34)42-3/h7-12,18-21,31,41H,13-17,22-23H2,1-6H3. The number of nitrogens with zero attached hydrogens (tertiary/aromatic N) is 2. The zero-order valence-electron chi connectivity index (χ0n) is 28.1. The molecule has 4 aromatic carbocycles. The Bertz CT molecular complexity index is 1720. The molecule has 0 saturated carbocycles. The summed E-state index contributed by atoms with van der Waals surface area (Å²) in [6.45, 7) is 2.59. The van der Waals surface area contributed by atoms with E-state index in [0.717, 1.165) is 50.0 Å². The van der Waals surface area contributed by atoms with E-state index in [-0.39, 0.29) is 12.6 Å². The van der Waals surface area contributed by atoms with Crippen LogP contribution in [0.15, 0.2) is 60.7 Å². The van der Waals surface area contributed by atoms with Crippen LogP contribution in [0.4, 0.5) is 0 Å². The van der Waals surface area contributed by atoms with E-state index < -0.39 is 0 Å². The smallest absolute Gasteiger partial charge is 0.204 e. The summed E-state index contributed by atoms with van der Waals surface area (Å²) < 4.78 is 35.9. The lowest BCUT2D eigenvalue weighted by Gasteiger charge is -2.35. The third-order valence-corrected chi connectivity index (χ3v) is 9.27. The number of benzene rings is 4. The van der Waals surface area contributed by atoms with Crippen LogP contribution < -0.4 is 28.4 Å². The highest BCUT2D eigenvalue weighted by Crippen LogP contribution is 2.48. The Kier molecular flexibility index (Phi) is 9.77. The van der Waals surface area contributed by atoms with E-state index in [0.29, 0.717) is 46.0 Å². The monoisotopic (exact) mass is 640 g/mol. The maximum atomic E-state index is 9.57. The van der Waals surface area contributed by atoms with Crippen molar-refractivity contribution >= 4 is 0 Å². The molecule has 0 spiro atoms. The third-order valence-electron chi connectivity index (χ3n) is 9.27. The SMILES string of the molecule is COc1ccc(CO)cc1Oc1ccc(CC2c3cc(Oc4c5c(cc(OC)c4OC)CCN(C)C5)c(OC)cc3CCN2C)cc1. The van der Waals surface area contributed by atoms with Gasteiger partial charge < -0.3 is 38.4 Å². The molecule has 9 heteroatoms. The maximum Gasteiger partial charge on any atom is 0.204 e. The van der Waals surface area contributed by atoms with Gasteiger partial charge in [-0.1, -0.05) is 18.2 Å². The molecule has 1 unspecified atom stereocenters. The van der Waals surface area contributed by atoms with Gasteiger partial charge in [0.15, 0.2) is 34.5 Å². The summed E-state index contributed by atoms with van der Waals surface area (Å²) in [7, 11) is 10.9. The molecule has 0 fully saturated rings. The predicted octanol–water partition coefficient (Wildman–Crippen LogP) is 6.56. The molecule has 1 N–H and O–H groups in total. The van der Waals surface area contributed by atoms with Crippen molar-refractivity contribution in [3.8, 4) is 46.0 Å². The molecule has 0 saturated heterocycles. The lowest BCUT2D eigenvalue weighted by molar-refractivity contribution is 0.228. The van der Waals surface area contributed by atoms with E-state index in [1.165, 1.54) is 22.3 Å². The lowest BCUT2D eigenvalue weighted by Crippen LogP contribution is -2.33. The number of aliphatic hydroxyl groups is 1. The van der Waals surface area contributed by atoms with Crippen molar-refractivity contribution in [2.75, 3.05) is 55.6 Å². The number of aliphatic hydroxyl groups excluding tert-OH is 1. The van der Waals surface area contributed by atoms with Gasteiger partial charge in [-0.2, -0.15) is 0 Å². The topological polar surface area (TPSA) is 82.1 Å². The third kappa shape index (κ3) is 6.70. The first-order chi connectivity index (χ1) is 22.8. The first kappa shape index (κ1) is 32.5. The Hall–Kier alpha value is -4.44.